The van der Waals surface area contributed by atoms with Crippen LogP contribution < -0.4 is 10.6 Å². The Balaban J connectivity index is 1.48. The van der Waals surface area contributed by atoms with Crippen molar-refractivity contribution in [3.8, 4) is 0 Å². The van der Waals surface area contributed by atoms with Crippen LogP contribution in [0.25, 0.3) is 0 Å². The van der Waals surface area contributed by atoms with E-state index in [1.165, 1.54) is 5.56 Å². The van der Waals surface area contributed by atoms with Crippen LogP contribution in [0.2, 0.25) is 0 Å². The summed E-state index contributed by atoms with van der Waals surface area (Å²) in [6, 6.07) is 10.1. The summed E-state index contributed by atoms with van der Waals surface area (Å²) in [7, 11) is 1.64. The number of benzene rings is 1. The first-order valence-corrected chi connectivity index (χ1v) is 9.83. The molecule has 0 bridgehead atoms. The highest BCUT2D eigenvalue weighted by atomic mass is 32.1. The molecule has 29 heavy (non-hydrogen) atoms. The van der Waals surface area contributed by atoms with Crippen LogP contribution in [0.1, 0.15) is 22.1 Å². The van der Waals surface area contributed by atoms with E-state index in [2.05, 4.69) is 37.7 Å². The van der Waals surface area contributed by atoms with Crippen LogP contribution in [0, 0.1) is 0 Å². The van der Waals surface area contributed by atoms with E-state index in [0.29, 0.717) is 30.5 Å². The van der Waals surface area contributed by atoms with E-state index < -0.39 is 11.9 Å². The van der Waals surface area contributed by atoms with Crippen molar-refractivity contribution in [2.45, 2.75) is 25.7 Å². The Bertz CT molecular complexity index is 933. The summed E-state index contributed by atoms with van der Waals surface area (Å²) in [4.78, 5) is 12.1. The molecule has 0 aliphatic carbocycles. The van der Waals surface area contributed by atoms with Crippen LogP contribution in [0.4, 0.5) is 13.2 Å². The first-order chi connectivity index (χ1) is 14.0. The minimum absolute atomic E-state index is 0.379. The molecule has 2 aromatic heterocycles. The molecular weight excluding hydrogens is 401 g/mol. The highest BCUT2D eigenvalue weighted by Gasteiger charge is 2.33. The number of thiazole rings is 1. The fourth-order valence-corrected chi connectivity index (χ4v) is 3.46. The Morgan fingerprint density at radius 3 is 2.69 bits per heavy atom. The van der Waals surface area contributed by atoms with E-state index in [4.69, 9.17) is 0 Å². The lowest BCUT2D eigenvalue weighted by atomic mass is 10.2. The largest absolute Gasteiger partial charge is 0.434 e. The van der Waals surface area contributed by atoms with E-state index in [1.54, 1.807) is 13.2 Å². The van der Waals surface area contributed by atoms with Gasteiger partial charge in [0.15, 0.2) is 11.7 Å². The number of rotatable bonds is 7. The van der Waals surface area contributed by atoms with Gasteiger partial charge in [-0.2, -0.15) is 13.2 Å². The third-order valence-electron chi connectivity index (χ3n) is 4.11. The number of halogens is 3. The summed E-state index contributed by atoms with van der Waals surface area (Å²) in [5, 5.41) is 7.72. The first kappa shape index (κ1) is 20.8. The zero-order valence-electron chi connectivity index (χ0n) is 15.8. The molecule has 0 radical (unpaired) electrons. The third kappa shape index (κ3) is 6.05. The number of nitrogens with zero attached hydrogens (tertiary/aromatic N) is 4. The average Bonchev–Trinajstić information content (AvgIpc) is 3.35. The highest BCUT2D eigenvalue weighted by molar-refractivity contribution is 7.09. The van der Waals surface area contributed by atoms with E-state index in [1.807, 2.05) is 29.0 Å². The lowest BCUT2D eigenvalue weighted by Gasteiger charge is -2.13. The first-order valence-electron chi connectivity index (χ1n) is 8.96. The summed E-state index contributed by atoms with van der Waals surface area (Å²) in [6.07, 6.45) is -0.358. The summed E-state index contributed by atoms with van der Waals surface area (Å²) in [6.45, 7) is 1.60. The van der Waals surface area contributed by atoms with Gasteiger partial charge in [-0.05, 0) is 5.56 Å². The molecular formula is C19H21F3N6S. The topological polar surface area (TPSA) is 67.1 Å². The highest BCUT2D eigenvalue weighted by Crippen LogP contribution is 2.29. The van der Waals surface area contributed by atoms with Crippen LogP contribution in [0.3, 0.4) is 0 Å². The molecule has 0 aliphatic rings. The van der Waals surface area contributed by atoms with Gasteiger partial charge in [0.1, 0.15) is 5.82 Å². The van der Waals surface area contributed by atoms with Gasteiger partial charge >= 0.3 is 6.18 Å². The zero-order valence-corrected chi connectivity index (χ0v) is 16.6. The van der Waals surface area contributed by atoms with E-state index in [-0.39, 0.29) is 0 Å². The standard InChI is InChI=1S/C19H21F3N6S/c1-23-18(25-8-7-17-27-15(13-29-17)19(20,21)22)26-11-16-24-9-10-28(16)12-14-5-3-2-4-6-14/h2-6,9-10,13H,7-8,11-12H2,1H3,(H2,23,25,26). The SMILES string of the molecule is CN=C(NCCc1nc(C(F)(F)F)cs1)NCc1nccn1Cc1ccccc1. The molecule has 154 valence electrons. The van der Waals surface area contributed by atoms with Crippen molar-refractivity contribution in [3.05, 3.63) is 70.2 Å². The van der Waals surface area contributed by atoms with Gasteiger partial charge in [0.25, 0.3) is 0 Å². The van der Waals surface area contributed by atoms with Crippen molar-refractivity contribution in [2.75, 3.05) is 13.6 Å². The van der Waals surface area contributed by atoms with Crippen LogP contribution in [0.15, 0.2) is 53.1 Å². The Morgan fingerprint density at radius 1 is 1.21 bits per heavy atom. The predicted molar refractivity (Wildman–Crippen MR) is 107 cm³/mol. The molecule has 3 aromatic rings. The molecule has 0 fully saturated rings. The second-order valence-corrected chi connectivity index (χ2v) is 7.13. The monoisotopic (exact) mass is 422 g/mol. The molecule has 1 aromatic carbocycles. The molecule has 0 saturated heterocycles. The third-order valence-corrected chi connectivity index (χ3v) is 5.02. The maximum absolute atomic E-state index is 12.6. The van der Waals surface area contributed by atoms with Gasteiger partial charge in [-0.3, -0.25) is 4.99 Å². The van der Waals surface area contributed by atoms with Crippen molar-refractivity contribution in [1.29, 1.82) is 0 Å². The maximum Gasteiger partial charge on any atom is 0.434 e. The summed E-state index contributed by atoms with van der Waals surface area (Å²) in [5.74, 6) is 1.40. The minimum atomic E-state index is -4.40. The normalized spacial score (nSPS) is 12.2. The fourth-order valence-electron chi connectivity index (χ4n) is 2.66. The van der Waals surface area contributed by atoms with Gasteiger partial charge in [-0.1, -0.05) is 30.3 Å². The second kappa shape index (κ2) is 9.55. The molecule has 2 heterocycles. The van der Waals surface area contributed by atoms with Gasteiger partial charge < -0.3 is 15.2 Å². The molecule has 6 nitrogen and oxygen atoms in total. The van der Waals surface area contributed by atoms with Gasteiger partial charge in [-0.25, -0.2) is 9.97 Å². The fraction of sp³-hybridized carbons (Fsp3) is 0.316. The zero-order chi connectivity index (χ0) is 20.7. The van der Waals surface area contributed by atoms with Gasteiger partial charge in [0, 0.05) is 44.3 Å². The van der Waals surface area contributed by atoms with Crippen molar-refractivity contribution < 1.29 is 13.2 Å². The van der Waals surface area contributed by atoms with Crippen LogP contribution in [-0.2, 0) is 25.7 Å². The Morgan fingerprint density at radius 2 is 2.00 bits per heavy atom. The molecule has 2 N–H and O–H groups in total. The minimum Gasteiger partial charge on any atom is -0.356 e. The van der Waals surface area contributed by atoms with Crippen molar-refractivity contribution in [3.63, 3.8) is 0 Å². The van der Waals surface area contributed by atoms with E-state index in [9.17, 15) is 13.2 Å². The molecule has 0 atom stereocenters. The van der Waals surface area contributed by atoms with Gasteiger partial charge in [0.05, 0.1) is 11.6 Å². The summed E-state index contributed by atoms with van der Waals surface area (Å²) >= 11 is 1.01. The van der Waals surface area contributed by atoms with Crippen molar-refractivity contribution in [2.24, 2.45) is 4.99 Å². The Labute approximate surface area is 170 Å². The molecule has 0 spiro atoms. The molecule has 10 heteroatoms. The van der Waals surface area contributed by atoms with Gasteiger partial charge in [0.2, 0.25) is 0 Å². The second-order valence-electron chi connectivity index (χ2n) is 6.18. The Kier molecular flexibility index (Phi) is 6.86. The molecule has 0 unspecified atom stereocenters. The van der Waals surface area contributed by atoms with E-state index >= 15 is 0 Å². The van der Waals surface area contributed by atoms with Crippen molar-refractivity contribution in [1.82, 2.24) is 25.2 Å². The molecule has 0 aliphatic heterocycles. The number of imidazole rings is 1. The maximum atomic E-state index is 12.6. The lowest BCUT2D eigenvalue weighted by molar-refractivity contribution is -0.140. The van der Waals surface area contributed by atoms with Crippen LogP contribution >= 0.6 is 11.3 Å². The summed E-state index contributed by atoms with van der Waals surface area (Å²) in [5.41, 5.74) is 0.334. The lowest BCUT2D eigenvalue weighted by Crippen LogP contribution is -2.38. The predicted octanol–water partition coefficient (Wildman–Crippen LogP) is 3.31. The summed E-state index contributed by atoms with van der Waals surface area (Å²) < 4.78 is 39.9. The number of aromatic nitrogens is 3. The van der Waals surface area contributed by atoms with Crippen molar-refractivity contribution >= 4 is 17.3 Å². The average molecular weight is 422 g/mol. The number of hydrogen-bond donors (Lipinski definition) is 2. The Hall–Kier alpha value is -2.88. The number of nitrogens with one attached hydrogen (secondary N) is 2. The van der Waals surface area contributed by atoms with Crippen LogP contribution in [-0.4, -0.2) is 34.1 Å². The quantitative estimate of drug-likeness (QED) is 0.453. The van der Waals surface area contributed by atoms with Gasteiger partial charge in [-0.15, -0.1) is 11.3 Å². The van der Waals surface area contributed by atoms with E-state index in [0.717, 1.165) is 29.1 Å². The number of aliphatic imine (C=N–C) groups is 1. The molecule has 0 saturated carbocycles. The van der Waals surface area contributed by atoms with Crippen LogP contribution in [0.5, 0.6) is 0 Å². The molecule has 0 amide bonds. The number of hydrogen-bond acceptors (Lipinski definition) is 4. The molecule has 3 rings (SSSR count). The number of alkyl halides is 3. The smallest absolute Gasteiger partial charge is 0.356 e. The number of guanidine groups is 1.